The standard InChI is InChI=1S/C14H23ClO3/c1-3-4-5-6-9-14(15)11(7-8-12(14)16)10-13(17)18-2/h11H,3-10H2,1-2H3. The lowest BCUT2D eigenvalue weighted by Gasteiger charge is -2.26. The Labute approximate surface area is 114 Å². The van der Waals surface area contributed by atoms with Crippen molar-refractivity contribution < 1.29 is 14.3 Å². The van der Waals surface area contributed by atoms with Gasteiger partial charge in [-0.1, -0.05) is 32.6 Å². The van der Waals surface area contributed by atoms with Crippen LogP contribution >= 0.6 is 11.6 Å². The molecular formula is C14H23ClO3. The van der Waals surface area contributed by atoms with E-state index in [2.05, 4.69) is 11.7 Å². The van der Waals surface area contributed by atoms with Crippen LogP contribution in [0.1, 0.15) is 58.3 Å². The number of carbonyl (C=O) groups is 2. The third-order valence-corrected chi connectivity index (χ3v) is 4.57. The van der Waals surface area contributed by atoms with Crippen LogP contribution in [-0.4, -0.2) is 23.7 Å². The van der Waals surface area contributed by atoms with Crippen molar-refractivity contribution in [2.45, 2.75) is 63.2 Å². The zero-order chi connectivity index (χ0) is 13.6. The predicted molar refractivity (Wildman–Crippen MR) is 71.7 cm³/mol. The summed E-state index contributed by atoms with van der Waals surface area (Å²) in [5.41, 5.74) is 0. The second-order valence-electron chi connectivity index (χ2n) is 5.11. The number of carbonyl (C=O) groups excluding carboxylic acids is 2. The number of hydrogen-bond donors (Lipinski definition) is 0. The molecule has 3 nitrogen and oxygen atoms in total. The van der Waals surface area contributed by atoms with Gasteiger partial charge < -0.3 is 4.74 Å². The minimum Gasteiger partial charge on any atom is -0.469 e. The van der Waals surface area contributed by atoms with E-state index in [1.54, 1.807) is 0 Å². The number of hydrogen-bond acceptors (Lipinski definition) is 3. The summed E-state index contributed by atoms with van der Waals surface area (Å²) in [6, 6.07) is 0. The van der Waals surface area contributed by atoms with E-state index in [0.717, 1.165) is 19.3 Å². The molecule has 2 unspecified atom stereocenters. The van der Waals surface area contributed by atoms with Gasteiger partial charge >= 0.3 is 5.97 Å². The van der Waals surface area contributed by atoms with E-state index < -0.39 is 4.87 Å². The summed E-state index contributed by atoms with van der Waals surface area (Å²) in [7, 11) is 1.37. The number of ketones is 1. The molecular weight excluding hydrogens is 252 g/mol. The third-order valence-electron chi connectivity index (χ3n) is 3.87. The second-order valence-corrected chi connectivity index (χ2v) is 5.79. The monoisotopic (exact) mass is 274 g/mol. The van der Waals surface area contributed by atoms with E-state index in [-0.39, 0.29) is 24.1 Å². The Balaban J connectivity index is 2.55. The van der Waals surface area contributed by atoms with Crippen LogP contribution in [0.25, 0.3) is 0 Å². The first-order valence-corrected chi connectivity index (χ1v) is 7.21. The van der Waals surface area contributed by atoms with Crippen molar-refractivity contribution >= 4 is 23.4 Å². The molecule has 0 saturated heterocycles. The van der Waals surface area contributed by atoms with Gasteiger partial charge in [0.15, 0.2) is 5.78 Å². The Bertz CT molecular complexity index is 303. The highest BCUT2D eigenvalue weighted by atomic mass is 35.5. The molecule has 1 fully saturated rings. The number of rotatable bonds is 7. The molecule has 0 heterocycles. The fraction of sp³-hybridized carbons (Fsp3) is 0.857. The highest BCUT2D eigenvalue weighted by Crippen LogP contribution is 2.44. The summed E-state index contributed by atoms with van der Waals surface area (Å²) < 4.78 is 4.67. The summed E-state index contributed by atoms with van der Waals surface area (Å²) >= 11 is 6.51. The summed E-state index contributed by atoms with van der Waals surface area (Å²) in [6.45, 7) is 2.15. The zero-order valence-electron chi connectivity index (χ0n) is 11.3. The Morgan fingerprint density at radius 1 is 1.44 bits per heavy atom. The average Bonchev–Trinajstić information content (AvgIpc) is 2.63. The molecule has 0 amide bonds. The van der Waals surface area contributed by atoms with E-state index in [9.17, 15) is 9.59 Å². The van der Waals surface area contributed by atoms with Gasteiger partial charge in [0.1, 0.15) is 4.87 Å². The second kappa shape index (κ2) is 7.13. The van der Waals surface area contributed by atoms with Crippen molar-refractivity contribution in [2.24, 2.45) is 5.92 Å². The first-order valence-electron chi connectivity index (χ1n) is 6.83. The Morgan fingerprint density at radius 2 is 2.17 bits per heavy atom. The number of methoxy groups -OCH3 is 1. The van der Waals surface area contributed by atoms with Crippen molar-refractivity contribution in [2.75, 3.05) is 7.11 Å². The fourth-order valence-electron chi connectivity index (χ4n) is 2.67. The number of alkyl halides is 1. The highest BCUT2D eigenvalue weighted by Gasteiger charge is 2.48. The van der Waals surface area contributed by atoms with E-state index in [1.165, 1.54) is 13.5 Å². The normalized spacial score (nSPS) is 27.5. The number of ether oxygens (including phenoxy) is 1. The molecule has 0 bridgehead atoms. The number of Topliss-reactive ketones (excluding diaryl/α,β-unsaturated/α-hetero) is 1. The first kappa shape index (κ1) is 15.5. The van der Waals surface area contributed by atoms with Crippen molar-refractivity contribution in [1.29, 1.82) is 0 Å². The van der Waals surface area contributed by atoms with Gasteiger partial charge in [-0.25, -0.2) is 0 Å². The van der Waals surface area contributed by atoms with Gasteiger partial charge in [-0.2, -0.15) is 0 Å². The van der Waals surface area contributed by atoms with Gasteiger partial charge in [0.05, 0.1) is 13.5 Å². The van der Waals surface area contributed by atoms with E-state index in [1.807, 2.05) is 0 Å². The molecule has 4 heteroatoms. The molecule has 0 aliphatic heterocycles. The van der Waals surface area contributed by atoms with Crippen molar-refractivity contribution in [3.63, 3.8) is 0 Å². The summed E-state index contributed by atoms with van der Waals surface area (Å²) in [5.74, 6) is -0.219. The predicted octanol–water partition coefficient (Wildman–Crippen LogP) is 3.48. The van der Waals surface area contributed by atoms with Gasteiger partial charge in [0.25, 0.3) is 0 Å². The van der Waals surface area contributed by atoms with Gasteiger partial charge in [0, 0.05) is 6.42 Å². The van der Waals surface area contributed by atoms with Crippen LogP contribution < -0.4 is 0 Å². The van der Waals surface area contributed by atoms with Crippen LogP contribution in [0.2, 0.25) is 0 Å². The molecule has 0 aromatic carbocycles. The van der Waals surface area contributed by atoms with Crippen LogP contribution in [-0.2, 0) is 14.3 Å². The largest absolute Gasteiger partial charge is 0.469 e. The zero-order valence-corrected chi connectivity index (χ0v) is 12.1. The van der Waals surface area contributed by atoms with Crippen molar-refractivity contribution in [1.82, 2.24) is 0 Å². The van der Waals surface area contributed by atoms with Gasteiger partial charge in [-0.15, -0.1) is 11.6 Å². The maximum Gasteiger partial charge on any atom is 0.305 e. The average molecular weight is 275 g/mol. The maximum atomic E-state index is 12.0. The molecule has 1 aliphatic carbocycles. The van der Waals surface area contributed by atoms with E-state index in [4.69, 9.17) is 11.6 Å². The Hall–Kier alpha value is -0.570. The molecule has 1 saturated carbocycles. The number of halogens is 1. The lowest BCUT2D eigenvalue weighted by molar-refractivity contribution is -0.141. The first-order chi connectivity index (χ1) is 8.54. The van der Waals surface area contributed by atoms with Crippen LogP contribution in [0.15, 0.2) is 0 Å². The van der Waals surface area contributed by atoms with Gasteiger partial charge in [0.2, 0.25) is 0 Å². The molecule has 0 N–H and O–H groups in total. The van der Waals surface area contributed by atoms with Gasteiger partial charge in [-0.3, -0.25) is 9.59 Å². The quantitative estimate of drug-likeness (QED) is 0.406. The third kappa shape index (κ3) is 3.71. The lowest BCUT2D eigenvalue weighted by atomic mass is 9.87. The topological polar surface area (TPSA) is 43.4 Å². The smallest absolute Gasteiger partial charge is 0.305 e. The van der Waals surface area contributed by atoms with E-state index in [0.29, 0.717) is 19.3 Å². The van der Waals surface area contributed by atoms with Crippen LogP contribution in [0.3, 0.4) is 0 Å². The van der Waals surface area contributed by atoms with Crippen LogP contribution in [0, 0.1) is 5.92 Å². The highest BCUT2D eigenvalue weighted by molar-refractivity contribution is 6.36. The molecule has 0 aromatic rings. The lowest BCUT2D eigenvalue weighted by Crippen LogP contribution is -2.35. The molecule has 2 atom stereocenters. The Kier molecular flexibility index (Phi) is 6.13. The molecule has 18 heavy (non-hydrogen) atoms. The SMILES string of the molecule is CCCCCCC1(Cl)C(=O)CCC1CC(=O)OC. The molecule has 0 spiro atoms. The van der Waals surface area contributed by atoms with Crippen LogP contribution in [0.5, 0.6) is 0 Å². The summed E-state index contributed by atoms with van der Waals surface area (Å²) in [5, 5.41) is 0. The van der Waals surface area contributed by atoms with Gasteiger partial charge in [-0.05, 0) is 18.8 Å². The van der Waals surface area contributed by atoms with Crippen molar-refractivity contribution in [3.8, 4) is 0 Å². The van der Waals surface area contributed by atoms with Crippen LogP contribution in [0.4, 0.5) is 0 Å². The molecule has 104 valence electrons. The summed E-state index contributed by atoms with van der Waals surface area (Å²) in [4.78, 5) is 22.5. The Morgan fingerprint density at radius 3 is 2.78 bits per heavy atom. The molecule has 1 rings (SSSR count). The number of esters is 1. The minimum atomic E-state index is -0.818. The molecule has 1 aliphatic rings. The molecule has 0 aromatic heterocycles. The number of unbranched alkanes of at least 4 members (excludes halogenated alkanes) is 3. The van der Waals surface area contributed by atoms with E-state index >= 15 is 0 Å². The molecule has 0 radical (unpaired) electrons. The maximum absolute atomic E-state index is 12.0. The minimum absolute atomic E-state index is 0.0549. The fourth-order valence-corrected chi connectivity index (χ4v) is 3.08. The van der Waals surface area contributed by atoms with Crippen molar-refractivity contribution in [3.05, 3.63) is 0 Å². The summed E-state index contributed by atoms with van der Waals surface area (Å²) in [6.07, 6.45) is 6.56.